The van der Waals surface area contributed by atoms with Crippen LogP contribution in [0.4, 0.5) is 0 Å². The van der Waals surface area contributed by atoms with Gasteiger partial charge in [0, 0.05) is 26.2 Å². The van der Waals surface area contributed by atoms with Crippen molar-refractivity contribution in [2.75, 3.05) is 25.4 Å². The van der Waals surface area contributed by atoms with E-state index in [4.69, 9.17) is 0 Å². The minimum Gasteiger partial charge on any atom is -0.355 e. The normalized spacial score (nSPS) is 12.2. The predicted octanol–water partition coefficient (Wildman–Crippen LogP) is 3.73. The van der Waals surface area contributed by atoms with Crippen LogP contribution in [0.5, 0.6) is 0 Å². The molecule has 7 nitrogen and oxygen atoms in total. The first kappa shape index (κ1) is 24.7. The zero-order chi connectivity index (χ0) is 22.3. The Morgan fingerprint density at radius 1 is 1.23 bits per heavy atom. The highest BCUT2D eigenvalue weighted by Crippen LogP contribution is 2.27. The third kappa shape index (κ3) is 5.98. The van der Waals surface area contributed by atoms with Gasteiger partial charge in [-0.15, -0.1) is 0 Å². The maximum absolute atomic E-state index is 12.9. The summed E-state index contributed by atoms with van der Waals surface area (Å²) in [4.78, 5) is 17.1. The van der Waals surface area contributed by atoms with Crippen LogP contribution in [0.3, 0.4) is 0 Å². The Kier molecular flexibility index (Phi) is 9.18. The lowest BCUT2D eigenvalue weighted by molar-refractivity contribution is -0.118. The quantitative estimate of drug-likeness (QED) is 0.494. The van der Waals surface area contributed by atoms with E-state index in [1.165, 1.54) is 16.1 Å². The summed E-state index contributed by atoms with van der Waals surface area (Å²) in [5, 5.41) is 3.67. The van der Waals surface area contributed by atoms with Gasteiger partial charge >= 0.3 is 0 Å². The Hall–Kier alpha value is -1.58. The van der Waals surface area contributed by atoms with Crippen molar-refractivity contribution in [1.82, 2.24) is 19.2 Å². The maximum Gasteiger partial charge on any atom is 0.243 e. The number of nitrogens with zero attached hydrogens (tertiary/aromatic N) is 3. The minimum atomic E-state index is -3.54. The highest BCUT2D eigenvalue weighted by Gasteiger charge is 2.23. The monoisotopic (exact) mass is 454 g/mol. The van der Waals surface area contributed by atoms with Crippen molar-refractivity contribution in [3.63, 3.8) is 0 Å². The van der Waals surface area contributed by atoms with Gasteiger partial charge in [-0.25, -0.2) is 13.4 Å². The smallest absolute Gasteiger partial charge is 0.243 e. The first-order valence-electron chi connectivity index (χ1n) is 10.6. The summed E-state index contributed by atoms with van der Waals surface area (Å²) >= 11 is 1.39. The largest absolute Gasteiger partial charge is 0.355 e. The van der Waals surface area contributed by atoms with Crippen molar-refractivity contribution >= 4 is 38.7 Å². The first-order valence-corrected chi connectivity index (χ1v) is 13.1. The molecule has 1 amide bonds. The molecule has 0 aliphatic carbocycles. The van der Waals surface area contributed by atoms with Crippen LogP contribution in [0.2, 0.25) is 0 Å². The number of aromatic nitrogens is 2. The predicted molar refractivity (Wildman–Crippen MR) is 123 cm³/mol. The van der Waals surface area contributed by atoms with Gasteiger partial charge in [-0.2, -0.15) is 4.31 Å². The molecule has 1 aromatic heterocycles. The van der Waals surface area contributed by atoms with E-state index < -0.39 is 10.0 Å². The molecule has 0 saturated heterocycles. The fraction of sp³-hybridized carbons (Fsp3) is 0.619. The summed E-state index contributed by atoms with van der Waals surface area (Å²) in [5.41, 5.74) is 1.54. The molecule has 0 aliphatic rings. The Morgan fingerprint density at radius 3 is 2.53 bits per heavy atom. The van der Waals surface area contributed by atoms with Crippen LogP contribution in [0.15, 0.2) is 28.3 Å². The molecule has 0 radical (unpaired) electrons. The molecule has 9 heteroatoms. The maximum atomic E-state index is 12.9. The third-order valence-corrected chi connectivity index (χ3v) is 7.83. The molecule has 0 aliphatic heterocycles. The summed E-state index contributed by atoms with van der Waals surface area (Å²) in [6.07, 6.45) is 2.02. The van der Waals surface area contributed by atoms with Crippen molar-refractivity contribution in [3.8, 4) is 0 Å². The molecular weight excluding hydrogens is 420 g/mol. The van der Waals surface area contributed by atoms with Crippen LogP contribution < -0.4 is 5.32 Å². The number of hydrogen-bond acceptors (Lipinski definition) is 5. The number of carbonyl (C=O) groups excluding carboxylic acids is 1. The number of carbonyl (C=O) groups is 1. The fourth-order valence-electron chi connectivity index (χ4n) is 3.10. The summed E-state index contributed by atoms with van der Waals surface area (Å²) in [6.45, 7) is 12.2. The Balaban J connectivity index is 2.34. The van der Waals surface area contributed by atoms with Crippen molar-refractivity contribution in [3.05, 3.63) is 18.2 Å². The molecular formula is C21H34N4O3S2. The Labute approximate surface area is 184 Å². The second-order valence-electron chi connectivity index (χ2n) is 7.63. The van der Waals surface area contributed by atoms with Crippen LogP contribution in [-0.2, 0) is 21.4 Å². The molecule has 0 spiro atoms. The van der Waals surface area contributed by atoms with E-state index in [2.05, 4.69) is 35.6 Å². The second-order valence-corrected chi connectivity index (χ2v) is 10.5. The van der Waals surface area contributed by atoms with Gasteiger partial charge in [-0.1, -0.05) is 52.8 Å². The number of fused-ring (bicyclic) bond motifs is 1. The van der Waals surface area contributed by atoms with Gasteiger partial charge in [0.25, 0.3) is 0 Å². The number of imidazole rings is 1. The molecule has 1 aromatic carbocycles. The lowest BCUT2D eigenvalue weighted by atomic mass is 10.2. The standard InChI is InChI=1S/C21H34N4O3S2/c1-6-9-12-25-19-11-10-17(30(27,28)24(7-2)8-3)13-18(19)23-21(25)29-15-20(26)22-14-16(4)5/h10-11,13,16H,6-9,12,14-15H2,1-5H3,(H,22,26). The number of amides is 1. The minimum absolute atomic E-state index is 0.0207. The number of sulfonamides is 1. The molecule has 0 atom stereocenters. The van der Waals surface area contributed by atoms with E-state index in [0.29, 0.717) is 31.1 Å². The molecule has 0 bridgehead atoms. The van der Waals surface area contributed by atoms with Crippen molar-refractivity contribution in [1.29, 1.82) is 0 Å². The van der Waals surface area contributed by atoms with E-state index in [0.717, 1.165) is 30.1 Å². The Bertz CT molecular complexity index is 951. The fourth-order valence-corrected chi connectivity index (χ4v) is 5.45. The van der Waals surface area contributed by atoms with E-state index in [1.54, 1.807) is 12.1 Å². The lowest BCUT2D eigenvalue weighted by Crippen LogP contribution is -2.30. The summed E-state index contributed by atoms with van der Waals surface area (Å²) < 4.78 is 29.3. The average molecular weight is 455 g/mol. The van der Waals surface area contributed by atoms with Gasteiger partial charge in [0.2, 0.25) is 15.9 Å². The van der Waals surface area contributed by atoms with E-state index in [-0.39, 0.29) is 16.6 Å². The summed E-state index contributed by atoms with van der Waals surface area (Å²) in [5.74, 6) is 0.666. The van der Waals surface area contributed by atoms with Gasteiger partial charge in [0.05, 0.1) is 21.7 Å². The third-order valence-electron chi connectivity index (χ3n) is 4.80. The van der Waals surface area contributed by atoms with Crippen molar-refractivity contribution in [2.45, 2.75) is 64.1 Å². The SMILES string of the molecule is CCCCn1c(SCC(=O)NCC(C)C)nc2cc(S(=O)(=O)N(CC)CC)ccc21. The highest BCUT2D eigenvalue weighted by atomic mass is 32.2. The van der Waals surface area contributed by atoms with E-state index in [1.807, 2.05) is 19.9 Å². The van der Waals surface area contributed by atoms with Crippen LogP contribution in [0, 0.1) is 5.92 Å². The molecule has 2 rings (SSSR count). The second kappa shape index (κ2) is 11.2. The number of rotatable bonds is 12. The topological polar surface area (TPSA) is 84.3 Å². The molecule has 0 fully saturated rings. The molecule has 2 aromatic rings. The van der Waals surface area contributed by atoms with Crippen molar-refractivity contribution in [2.24, 2.45) is 5.92 Å². The number of benzene rings is 1. The molecule has 1 N–H and O–H groups in total. The van der Waals surface area contributed by atoms with Gasteiger partial charge in [0.1, 0.15) is 0 Å². The van der Waals surface area contributed by atoms with E-state index in [9.17, 15) is 13.2 Å². The number of thioether (sulfide) groups is 1. The van der Waals surface area contributed by atoms with Gasteiger partial charge < -0.3 is 9.88 Å². The van der Waals surface area contributed by atoms with Gasteiger partial charge in [-0.3, -0.25) is 4.79 Å². The molecule has 30 heavy (non-hydrogen) atoms. The molecule has 168 valence electrons. The van der Waals surface area contributed by atoms with Crippen LogP contribution in [-0.4, -0.2) is 53.6 Å². The number of nitrogens with one attached hydrogen (secondary N) is 1. The number of hydrogen-bond donors (Lipinski definition) is 1. The van der Waals surface area contributed by atoms with Gasteiger partial charge in [0.15, 0.2) is 5.16 Å². The average Bonchev–Trinajstić information content (AvgIpc) is 3.06. The van der Waals surface area contributed by atoms with Crippen LogP contribution in [0.25, 0.3) is 11.0 Å². The number of aryl methyl sites for hydroxylation is 1. The van der Waals surface area contributed by atoms with Gasteiger partial charge in [-0.05, 0) is 30.5 Å². The zero-order valence-corrected chi connectivity index (χ0v) is 20.3. The Morgan fingerprint density at radius 2 is 1.93 bits per heavy atom. The lowest BCUT2D eigenvalue weighted by Gasteiger charge is -2.18. The van der Waals surface area contributed by atoms with E-state index >= 15 is 0 Å². The molecule has 0 saturated carbocycles. The molecule has 1 heterocycles. The molecule has 0 unspecified atom stereocenters. The number of unbranched alkanes of at least 4 members (excludes halogenated alkanes) is 1. The zero-order valence-electron chi connectivity index (χ0n) is 18.6. The highest BCUT2D eigenvalue weighted by molar-refractivity contribution is 7.99. The summed E-state index contributed by atoms with van der Waals surface area (Å²) in [7, 11) is -3.54. The summed E-state index contributed by atoms with van der Waals surface area (Å²) in [6, 6.07) is 5.13. The van der Waals surface area contributed by atoms with Crippen molar-refractivity contribution < 1.29 is 13.2 Å². The van der Waals surface area contributed by atoms with Crippen LogP contribution in [0.1, 0.15) is 47.5 Å². The first-order chi connectivity index (χ1) is 14.2. The van der Waals surface area contributed by atoms with Crippen LogP contribution >= 0.6 is 11.8 Å².